The Morgan fingerprint density at radius 2 is 1.59 bits per heavy atom. The molecule has 0 aliphatic heterocycles. The molecule has 150 valence electrons. The molecule has 1 heterocycles. The van der Waals surface area contributed by atoms with Gasteiger partial charge in [-0.3, -0.25) is 4.79 Å². The topological polar surface area (TPSA) is 86.4 Å². The summed E-state index contributed by atoms with van der Waals surface area (Å²) in [7, 11) is 0. The van der Waals surface area contributed by atoms with Gasteiger partial charge in [-0.1, -0.05) is 41.9 Å². The smallest absolute Gasteiger partial charge is 0.370 e. The van der Waals surface area contributed by atoms with Gasteiger partial charge >= 0.3 is 6.18 Å². The fourth-order valence-corrected chi connectivity index (χ4v) is 3.17. The normalized spacial score (nSPS) is 11.3. The van der Waals surface area contributed by atoms with Crippen molar-refractivity contribution in [2.45, 2.75) is 12.7 Å². The Balaban J connectivity index is 2.11. The molecule has 0 saturated carbocycles. The molecule has 5 nitrogen and oxygen atoms in total. The molecule has 0 radical (unpaired) electrons. The summed E-state index contributed by atoms with van der Waals surface area (Å²) < 4.78 is 40.2. The number of hydrogen-bond acceptors (Lipinski definition) is 1. The van der Waals surface area contributed by atoms with E-state index in [-0.39, 0.29) is 12.5 Å². The summed E-state index contributed by atoms with van der Waals surface area (Å²) in [5.74, 6) is -0.986. The molecule has 1 amide bonds. The molecule has 1 aromatic heterocycles. The number of carbonyl (C=O) groups excluding carboxylic acids is 1. The van der Waals surface area contributed by atoms with Gasteiger partial charge in [0.1, 0.15) is 6.54 Å². The number of alkyl halides is 3. The van der Waals surface area contributed by atoms with Crippen LogP contribution in [-0.2, 0) is 17.5 Å². The summed E-state index contributed by atoms with van der Waals surface area (Å²) in [4.78, 5) is 15.7. The van der Waals surface area contributed by atoms with Gasteiger partial charge in [-0.25, -0.2) is 0 Å². The van der Waals surface area contributed by atoms with E-state index in [0.29, 0.717) is 27.5 Å². The van der Waals surface area contributed by atoms with Crippen molar-refractivity contribution in [3.05, 3.63) is 71.2 Å². The van der Waals surface area contributed by atoms with Gasteiger partial charge in [-0.15, -0.1) is 0 Å². The quantitative estimate of drug-likeness (QED) is 0.487. The maximum Gasteiger partial charge on any atom is 0.416 e. The first-order valence-electron chi connectivity index (χ1n) is 8.41. The SMILES string of the molecule is NC(N)=NC(=O)Cn1c(-c2ccc(C(F)(F)F)cc2)ccc1-c1ccccc1Cl. The first-order valence-corrected chi connectivity index (χ1v) is 8.79. The molecular formula is C20H16ClF3N4O. The number of nitrogens with zero attached hydrogens (tertiary/aromatic N) is 2. The number of hydrogen-bond donors (Lipinski definition) is 2. The number of aromatic nitrogens is 1. The Morgan fingerprint density at radius 1 is 0.966 bits per heavy atom. The second kappa shape index (κ2) is 8.00. The number of halogens is 4. The Kier molecular flexibility index (Phi) is 5.65. The average molecular weight is 421 g/mol. The Bertz CT molecular complexity index is 1070. The molecule has 9 heteroatoms. The third-order valence-electron chi connectivity index (χ3n) is 4.19. The highest BCUT2D eigenvalue weighted by Gasteiger charge is 2.30. The summed E-state index contributed by atoms with van der Waals surface area (Å²) in [6, 6.07) is 15.1. The Morgan fingerprint density at radius 3 is 2.17 bits per heavy atom. The molecule has 0 fully saturated rings. The van der Waals surface area contributed by atoms with Crippen LogP contribution in [0.2, 0.25) is 5.02 Å². The number of amides is 1. The van der Waals surface area contributed by atoms with Crippen LogP contribution in [0.25, 0.3) is 22.5 Å². The van der Waals surface area contributed by atoms with E-state index in [1.807, 2.05) is 0 Å². The standard InChI is InChI=1S/C20H16ClF3N4O/c21-15-4-2-1-3-14(15)17-10-9-16(28(17)11-18(29)27-19(25)26)12-5-7-13(8-6-12)20(22,23)24/h1-10H,11H2,(H4,25,26,27,29). The van der Waals surface area contributed by atoms with Gasteiger partial charge in [0.2, 0.25) is 0 Å². The maximum atomic E-state index is 12.9. The van der Waals surface area contributed by atoms with Crippen molar-refractivity contribution in [3.8, 4) is 22.5 Å². The van der Waals surface area contributed by atoms with E-state index >= 15 is 0 Å². The summed E-state index contributed by atoms with van der Waals surface area (Å²) in [5, 5.41) is 0.458. The van der Waals surface area contributed by atoms with Gasteiger partial charge < -0.3 is 16.0 Å². The highest BCUT2D eigenvalue weighted by molar-refractivity contribution is 6.33. The minimum atomic E-state index is -4.44. The highest BCUT2D eigenvalue weighted by Crippen LogP contribution is 2.35. The molecule has 0 saturated heterocycles. The van der Waals surface area contributed by atoms with Crippen LogP contribution in [0, 0.1) is 0 Å². The van der Waals surface area contributed by atoms with E-state index in [4.69, 9.17) is 23.1 Å². The van der Waals surface area contributed by atoms with Gasteiger partial charge in [0.05, 0.1) is 11.3 Å². The number of guanidine groups is 1. The van der Waals surface area contributed by atoms with E-state index < -0.39 is 17.6 Å². The van der Waals surface area contributed by atoms with Crippen molar-refractivity contribution >= 4 is 23.5 Å². The second-order valence-corrected chi connectivity index (χ2v) is 6.58. The van der Waals surface area contributed by atoms with Crippen molar-refractivity contribution in [1.29, 1.82) is 0 Å². The summed E-state index contributed by atoms with van der Waals surface area (Å²) in [6.45, 7) is -0.220. The van der Waals surface area contributed by atoms with E-state index in [2.05, 4.69) is 4.99 Å². The molecule has 2 aromatic carbocycles. The second-order valence-electron chi connectivity index (χ2n) is 6.18. The van der Waals surface area contributed by atoms with Gasteiger partial charge in [0, 0.05) is 16.3 Å². The van der Waals surface area contributed by atoms with Gasteiger partial charge in [-0.05, 0) is 35.9 Å². The predicted molar refractivity (Wildman–Crippen MR) is 106 cm³/mol. The predicted octanol–water partition coefficient (Wildman–Crippen LogP) is 4.29. The van der Waals surface area contributed by atoms with E-state index in [9.17, 15) is 18.0 Å². The summed E-state index contributed by atoms with van der Waals surface area (Å²) in [5.41, 5.74) is 12.1. The molecule has 29 heavy (non-hydrogen) atoms. The van der Waals surface area contributed by atoms with E-state index in [1.54, 1.807) is 41.0 Å². The summed E-state index contributed by atoms with van der Waals surface area (Å²) in [6.07, 6.45) is -4.44. The van der Waals surface area contributed by atoms with Crippen LogP contribution in [0.4, 0.5) is 13.2 Å². The van der Waals surface area contributed by atoms with Crippen LogP contribution >= 0.6 is 11.6 Å². The Hall–Kier alpha value is -3.26. The van der Waals surface area contributed by atoms with E-state index in [1.165, 1.54) is 12.1 Å². The lowest BCUT2D eigenvalue weighted by Gasteiger charge is -2.14. The third kappa shape index (κ3) is 4.60. The van der Waals surface area contributed by atoms with Crippen LogP contribution in [0.15, 0.2) is 65.7 Å². The minimum absolute atomic E-state index is 0.220. The van der Waals surface area contributed by atoms with Crippen LogP contribution in [0.5, 0.6) is 0 Å². The molecule has 0 atom stereocenters. The van der Waals surface area contributed by atoms with E-state index in [0.717, 1.165) is 12.1 Å². The maximum absolute atomic E-state index is 12.9. The molecule has 3 rings (SSSR count). The third-order valence-corrected chi connectivity index (χ3v) is 4.52. The zero-order chi connectivity index (χ0) is 21.2. The van der Waals surface area contributed by atoms with Gasteiger partial charge in [-0.2, -0.15) is 18.2 Å². The van der Waals surface area contributed by atoms with Crippen molar-refractivity contribution in [2.75, 3.05) is 0 Å². The lowest BCUT2D eigenvalue weighted by molar-refractivity contribution is -0.137. The Labute approximate surface area is 169 Å². The number of carbonyl (C=O) groups is 1. The molecular weight excluding hydrogens is 405 g/mol. The number of nitrogens with two attached hydrogens (primary N) is 2. The van der Waals surface area contributed by atoms with Gasteiger partial charge in [0.25, 0.3) is 5.91 Å². The molecule has 0 unspecified atom stereocenters. The van der Waals surface area contributed by atoms with Crippen molar-refractivity contribution in [3.63, 3.8) is 0 Å². The van der Waals surface area contributed by atoms with Crippen molar-refractivity contribution < 1.29 is 18.0 Å². The molecule has 0 bridgehead atoms. The fourth-order valence-electron chi connectivity index (χ4n) is 2.94. The monoisotopic (exact) mass is 420 g/mol. The number of rotatable bonds is 4. The van der Waals surface area contributed by atoms with Crippen LogP contribution in [0.3, 0.4) is 0 Å². The highest BCUT2D eigenvalue weighted by atomic mass is 35.5. The van der Waals surface area contributed by atoms with Crippen molar-refractivity contribution in [1.82, 2.24) is 4.57 Å². The largest absolute Gasteiger partial charge is 0.416 e. The van der Waals surface area contributed by atoms with Gasteiger partial charge in [0.15, 0.2) is 5.96 Å². The summed E-state index contributed by atoms with van der Waals surface area (Å²) >= 11 is 6.29. The zero-order valence-corrected chi connectivity index (χ0v) is 15.7. The zero-order valence-electron chi connectivity index (χ0n) is 14.9. The van der Waals surface area contributed by atoms with Crippen molar-refractivity contribution in [2.24, 2.45) is 16.5 Å². The molecule has 4 N–H and O–H groups in total. The fraction of sp³-hybridized carbons (Fsp3) is 0.100. The molecule has 0 aliphatic rings. The molecule has 3 aromatic rings. The lowest BCUT2D eigenvalue weighted by atomic mass is 10.1. The van der Waals surface area contributed by atoms with Crippen LogP contribution in [0.1, 0.15) is 5.56 Å². The number of aliphatic imine (C=N–C) groups is 1. The number of benzene rings is 2. The molecule has 0 aliphatic carbocycles. The first-order chi connectivity index (χ1) is 13.7. The average Bonchev–Trinajstić information content (AvgIpc) is 3.04. The molecule has 0 spiro atoms. The lowest BCUT2D eigenvalue weighted by Crippen LogP contribution is -2.25. The van der Waals surface area contributed by atoms with Crippen LogP contribution < -0.4 is 11.5 Å². The van der Waals surface area contributed by atoms with Crippen LogP contribution in [-0.4, -0.2) is 16.4 Å². The first kappa shape index (κ1) is 20.5. The minimum Gasteiger partial charge on any atom is -0.370 e.